The molecular weight excluding hydrogens is 376 g/mol. The van der Waals surface area contributed by atoms with Gasteiger partial charge in [-0.05, 0) is 41.6 Å². The second kappa shape index (κ2) is 9.48. The van der Waals surface area contributed by atoms with Gasteiger partial charge in [-0.3, -0.25) is 4.79 Å². The van der Waals surface area contributed by atoms with Crippen LogP contribution in [0.25, 0.3) is 10.9 Å². The number of hydrogen-bond donors (Lipinski definition) is 1. The van der Waals surface area contributed by atoms with Gasteiger partial charge in [-0.15, -0.1) is 11.8 Å². The van der Waals surface area contributed by atoms with Gasteiger partial charge in [-0.1, -0.05) is 66.7 Å². The van der Waals surface area contributed by atoms with Crippen molar-refractivity contribution in [3.63, 3.8) is 0 Å². The molecular formula is C25H24N2OS. The van der Waals surface area contributed by atoms with E-state index >= 15 is 0 Å². The maximum Gasteiger partial charge on any atom is 0.237 e. The highest BCUT2D eigenvalue weighted by Crippen LogP contribution is 2.35. The lowest BCUT2D eigenvalue weighted by atomic mass is 10.1. The minimum atomic E-state index is -0.258. The van der Waals surface area contributed by atoms with Gasteiger partial charge >= 0.3 is 0 Å². The summed E-state index contributed by atoms with van der Waals surface area (Å²) in [6.07, 6.45) is 3.01. The SMILES string of the molecule is O=C(NCCCn1ccc2ccccc21)C(Sc1ccccc1)c1ccccc1. The van der Waals surface area contributed by atoms with E-state index in [1.165, 1.54) is 10.9 Å². The van der Waals surface area contributed by atoms with Crippen molar-refractivity contribution >= 4 is 28.6 Å². The Hall–Kier alpha value is -2.98. The van der Waals surface area contributed by atoms with Crippen LogP contribution in [-0.2, 0) is 11.3 Å². The molecule has 0 fully saturated rings. The Balaban J connectivity index is 1.37. The Morgan fingerprint density at radius 2 is 1.55 bits per heavy atom. The minimum Gasteiger partial charge on any atom is -0.355 e. The van der Waals surface area contributed by atoms with E-state index in [0.717, 1.165) is 23.4 Å². The molecule has 1 aromatic heterocycles. The second-order valence-electron chi connectivity index (χ2n) is 6.93. The molecule has 0 spiro atoms. The molecule has 1 atom stereocenters. The topological polar surface area (TPSA) is 34.0 Å². The fourth-order valence-electron chi connectivity index (χ4n) is 3.43. The first-order valence-electron chi connectivity index (χ1n) is 9.89. The number of thioether (sulfide) groups is 1. The molecule has 1 amide bonds. The minimum absolute atomic E-state index is 0.0578. The van der Waals surface area contributed by atoms with Crippen molar-refractivity contribution in [3.8, 4) is 0 Å². The maximum atomic E-state index is 13.0. The van der Waals surface area contributed by atoms with Crippen LogP contribution >= 0.6 is 11.8 Å². The highest BCUT2D eigenvalue weighted by atomic mass is 32.2. The van der Waals surface area contributed by atoms with Gasteiger partial charge in [-0.2, -0.15) is 0 Å². The average Bonchev–Trinajstić information content (AvgIpc) is 3.19. The third-order valence-electron chi connectivity index (χ3n) is 4.89. The zero-order valence-corrected chi connectivity index (χ0v) is 17.0. The zero-order valence-electron chi connectivity index (χ0n) is 16.2. The maximum absolute atomic E-state index is 13.0. The fourth-order valence-corrected chi connectivity index (χ4v) is 4.50. The van der Waals surface area contributed by atoms with Crippen LogP contribution in [0.5, 0.6) is 0 Å². The molecule has 0 aliphatic heterocycles. The van der Waals surface area contributed by atoms with E-state index in [2.05, 4.69) is 46.4 Å². The van der Waals surface area contributed by atoms with Gasteiger partial charge < -0.3 is 9.88 Å². The van der Waals surface area contributed by atoms with Crippen molar-refractivity contribution in [2.24, 2.45) is 0 Å². The number of nitrogens with one attached hydrogen (secondary N) is 1. The number of carbonyl (C=O) groups is 1. The molecule has 1 heterocycles. The smallest absolute Gasteiger partial charge is 0.237 e. The van der Waals surface area contributed by atoms with Gasteiger partial charge in [0.1, 0.15) is 5.25 Å². The number of aryl methyl sites for hydroxylation is 1. The third-order valence-corrected chi connectivity index (χ3v) is 6.16. The van der Waals surface area contributed by atoms with Crippen molar-refractivity contribution in [2.45, 2.75) is 23.1 Å². The van der Waals surface area contributed by atoms with E-state index in [9.17, 15) is 4.79 Å². The number of rotatable bonds is 8. The number of amides is 1. The normalized spacial score (nSPS) is 12.0. The summed E-state index contributed by atoms with van der Waals surface area (Å²) in [6.45, 7) is 1.54. The monoisotopic (exact) mass is 400 g/mol. The van der Waals surface area contributed by atoms with Gasteiger partial charge in [0.05, 0.1) is 0 Å². The lowest BCUT2D eigenvalue weighted by molar-refractivity contribution is -0.120. The molecule has 4 aromatic rings. The van der Waals surface area contributed by atoms with Crippen molar-refractivity contribution in [1.82, 2.24) is 9.88 Å². The molecule has 0 saturated heterocycles. The molecule has 4 heteroatoms. The molecule has 146 valence electrons. The summed E-state index contributed by atoms with van der Waals surface area (Å²) in [5.41, 5.74) is 2.26. The van der Waals surface area contributed by atoms with Crippen LogP contribution in [0, 0.1) is 0 Å². The number of benzene rings is 3. The Morgan fingerprint density at radius 1 is 0.862 bits per heavy atom. The Kier molecular flexibility index (Phi) is 6.32. The third kappa shape index (κ3) is 4.90. The number of para-hydroxylation sites is 1. The summed E-state index contributed by atoms with van der Waals surface area (Å²) in [5.74, 6) is 0.0578. The van der Waals surface area contributed by atoms with E-state index in [1.807, 2.05) is 60.7 Å². The first-order valence-corrected chi connectivity index (χ1v) is 10.8. The van der Waals surface area contributed by atoms with E-state index in [1.54, 1.807) is 11.8 Å². The summed E-state index contributed by atoms with van der Waals surface area (Å²) < 4.78 is 2.24. The molecule has 1 unspecified atom stereocenters. The number of fused-ring (bicyclic) bond motifs is 1. The number of hydrogen-bond acceptors (Lipinski definition) is 2. The standard InChI is InChI=1S/C25H24N2OS/c28-25(26-17-9-18-27-19-16-20-10-7-8-15-23(20)27)24(21-11-3-1-4-12-21)29-22-13-5-2-6-14-22/h1-8,10-16,19,24H,9,17-18H2,(H,26,28). The van der Waals surface area contributed by atoms with E-state index < -0.39 is 0 Å². The average molecular weight is 401 g/mol. The summed E-state index contributed by atoms with van der Waals surface area (Å²) >= 11 is 1.59. The highest BCUT2D eigenvalue weighted by Gasteiger charge is 2.21. The molecule has 29 heavy (non-hydrogen) atoms. The van der Waals surface area contributed by atoms with Crippen LogP contribution in [-0.4, -0.2) is 17.0 Å². The molecule has 0 bridgehead atoms. The first kappa shape index (κ1) is 19.3. The molecule has 0 aliphatic carbocycles. The number of nitrogens with zero attached hydrogens (tertiary/aromatic N) is 1. The fraction of sp³-hybridized carbons (Fsp3) is 0.160. The predicted molar refractivity (Wildman–Crippen MR) is 121 cm³/mol. The molecule has 1 N–H and O–H groups in total. The van der Waals surface area contributed by atoms with Crippen molar-refractivity contribution in [3.05, 3.63) is 103 Å². The summed E-state index contributed by atoms with van der Waals surface area (Å²) in [4.78, 5) is 14.1. The lowest BCUT2D eigenvalue weighted by Crippen LogP contribution is -2.29. The zero-order chi connectivity index (χ0) is 19.9. The van der Waals surface area contributed by atoms with Crippen LogP contribution in [0.1, 0.15) is 17.2 Å². The van der Waals surface area contributed by atoms with Crippen LogP contribution < -0.4 is 5.32 Å². The van der Waals surface area contributed by atoms with Crippen molar-refractivity contribution < 1.29 is 4.79 Å². The summed E-state index contributed by atoms with van der Waals surface area (Å²) in [7, 11) is 0. The first-order chi connectivity index (χ1) is 14.3. The molecule has 3 aromatic carbocycles. The van der Waals surface area contributed by atoms with Crippen LogP contribution in [0.4, 0.5) is 0 Å². The van der Waals surface area contributed by atoms with Crippen LogP contribution in [0.2, 0.25) is 0 Å². The van der Waals surface area contributed by atoms with Gasteiger partial charge in [0.25, 0.3) is 0 Å². The van der Waals surface area contributed by atoms with Gasteiger partial charge in [0.15, 0.2) is 0 Å². The van der Waals surface area contributed by atoms with Crippen LogP contribution in [0.15, 0.2) is 102 Å². The van der Waals surface area contributed by atoms with Gasteiger partial charge in [0, 0.05) is 29.7 Å². The number of aromatic nitrogens is 1. The van der Waals surface area contributed by atoms with Gasteiger partial charge in [-0.25, -0.2) is 0 Å². The molecule has 4 rings (SSSR count). The Bertz CT molecular complexity index is 1060. The Morgan fingerprint density at radius 3 is 2.34 bits per heavy atom. The lowest BCUT2D eigenvalue weighted by Gasteiger charge is -2.17. The van der Waals surface area contributed by atoms with E-state index in [-0.39, 0.29) is 11.2 Å². The second-order valence-corrected chi connectivity index (χ2v) is 8.11. The molecule has 0 saturated carbocycles. The van der Waals surface area contributed by atoms with Gasteiger partial charge in [0.2, 0.25) is 5.91 Å². The highest BCUT2D eigenvalue weighted by molar-refractivity contribution is 8.00. The largest absolute Gasteiger partial charge is 0.355 e. The van der Waals surface area contributed by atoms with E-state index in [4.69, 9.17) is 0 Å². The van der Waals surface area contributed by atoms with Crippen molar-refractivity contribution in [2.75, 3.05) is 6.54 Å². The Labute approximate surface area is 175 Å². The number of carbonyl (C=O) groups excluding carboxylic acids is 1. The van der Waals surface area contributed by atoms with Crippen LogP contribution in [0.3, 0.4) is 0 Å². The molecule has 0 aliphatic rings. The van der Waals surface area contributed by atoms with Crippen molar-refractivity contribution in [1.29, 1.82) is 0 Å². The van der Waals surface area contributed by atoms with E-state index in [0.29, 0.717) is 6.54 Å². The molecule has 0 radical (unpaired) electrons. The summed E-state index contributed by atoms with van der Waals surface area (Å²) in [6, 6.07) is 30.6. The molecule has 3 nitrogen and oxygen atoms in total. The predicted octanol–water partition coefficient (Wildman–Crippen LogP) is 5.68. The summed E-state index contributed by atoms with van der Waals surface area (Å²) in [5, 5.41) is 4.13. The quantitative estimate of drug-likeness (QED) is 0.305.